The van der Waals surface area contributed by atoms with Gasteiger partial charge in [-0.15, -0.1) is 0 Å². The summed E-state index contributed by atoms with van der Waals surface area (Å²) in [6, 6.07) is 3.86. The molecule has 0 saturated carbocycles. The Kier molecular flexibility index (Phi) is 5.49. The Balaban J connectivity index is 2.94. The van der Waals surface area contributed by atoms with Crippen LogP contribution in [-0.2, 0) is 17.6 Å². The molecule has 0 aliphatic carbocycles. The lowest BCUT2D eigenvalue weighted by atomic mass is 10.0. The molecule has 4 nitrogen and oxygen atoms in total. The lowest BCUT2D eigenvalue weighted by molar-refractivity contribution is -0.137. The molecule has 0 aliphatic heterocycles. The van der Waals surface area contributed by atoms with E-state index in [1.807, 2.05) is 19.1 Å². The van der Waals surface area contributed by atoms with Gasteiger partial charge >= 0.3 is 5.97 Å². The minimum absolute atomic E-state index is 0.177. The maximum Gasteiger partial charge on any atom is 0.303 e. The highest BCUT2D eigenvalue weighted by Gasteiger charge is 2.13. The molecule has 0 fully saturated rings. The fourth-order valence-corrected chi connectivity index (χ4v) is 2.07. The molecule has 0 atom stereocenters. The number of methoxy groups -OCH3 is 2. The molecular weight excluding hydrogens is 232 g/mol. The third-order valence-corrected chi connectivity index (χ3v) is 2.91. The maximum atomic E-state index is 10.5. The van der Waals surface area contributed by atoms with E-state index in [-0.39, 0.29) is 6.42 Å². The van der Waals surface area contributed by atoms with E-state index >= 15 is 0 Å². The number of aryl methyl sites for hydroxylation is 1. The van der Waals surface area contributed by atoms with Crippen molar-refractivity contribution in [2.45, 2.75) is 32.6 Å². The number of ether oxygens (including phenoxy) is 2. The molecule has 0 unspecified atom stereocenters. The van der Waals surface area contributed by atoms with Crippen LogP contribution in [0.5, 0.6) is 11.5 Å². The van der Waals surface area contributed by atoms with Gasteiger partial charge in [0.1, 0.15) is 11.5 Å². The molecule has 0 saturated heterocycles. The van der Waals surface area contributed by atoms with Gasteiger partial charge in [-0.1, -0.05) is 13.0 Å². The van der Waals surface area contributed by atoms with Crippen molar-refractivity contribution in [3.8, 4) is 11.5 Å². The minimum Gasteiger partial charge on any atom is -0.496 e. The molecule has 1 N–H and O–H groups in total. The van der Waals surface area contributed by atoms with E-state index in [9.17, 15) is 4.79 Å². The molecule has 1 aromatic carbocycles. The molecule has 0 radical (unpaired) electrons. The van der Waals surface area contributed by atoms with Crippen LogP contribution in [0.4, 0.5) is 0 Å². The monoisotopic (exact) mass is 252 g/mol. The highest BCUT2D eigenvalue weighted by molar-refractivity contribution is 5.66. The molecule has 1 aromatic rings. The summed E-state index contributed by atoms with van der Waals surface area (Å²) in [4.78, 5) is 10.5. The van der Waals surface area contributed by atoms with Gasteiger partial charge in [0.25, 0.3) is 0 Å². The number of aliphatic carboxylic acids is 1. The molecule has 4 heteroatoms. The predicted octanol–water partition coefficient (Wildman–Crippen LogP) is 2.67. The summed E-state index contributed by atoms with van der Waals surface area (Å²) >= 11 is 0. The highest BCUT2D eigenvalue weighted by Crippen LogP contribution is 2.33. The molecule has 18 heavy (non-hydrogen) atoms. The van der Waals surface area contributed by atoms with Crippen LogP contribution < -0.4 is 9.47 Å². The first kappa shape index (κ1) is 14.4. The fraction of sp³-hybridized carbons (Fsp3) is 0.500. The van der Waals surface area contributed by atoms with E-state index in [0.29, 0.717) is 12.8 Å². The fourth-order valence-electron chi connectivity index (χ4n) is 2.07. The molecule has 100 valence electrons. The van der Waals surface area contributed by atoms with Crippen LogP contribution in [0.3, 0.4) is 0 Å². The standard InChI is InChI=1S/C14H20O4/c1-4-11-12(17-2)9-8-10(14(11)18-3)6-5-7-13(15)16/h8-9H,4-7H2,1-3H3,(H,15,16). The lowest BCUT2D eigenvalue weighted by Gasteiger charge is -2.15. The van der Waals surface area contributed by atoms with Crippen molar-refractivity contribution >= 4 is 5.97 Å². The Labute approximate surface area is 108 Å². The Morgan fingerprint density at radius 3 is 2.50 bits per heavy atom. The summed E-state index contributed by atoms with van der Waals surface area (Å²) in [6.07, 6.45) is 2.31. The zero-order valence-electron chi connectivity index (χ0n) is 11.2. The van der Waals surface area contributed by atoms with E-state index in [4.69, 9.17) is 14.6 Å². The van der Waals surface area contributed by atoms with Crippen LogP contribution in [0.15, 0.2) is 12.1 Å². The average molecular weight is 252 g/mol. The van der Waals surface area contributed by atoms with Crippen molar-refractivity contribution in [2.75, 3.05) is 14.2 Å². The first-order chi connectivity index (χ1) is 8.63. The quantitative estimate of drug-likeness (QED) is 0.810. The predicted molar refractivity (Wildman–Crippen MR) is 69.5 cm³/mol. The number of carbonyl (C=O) groups is 1. The number of carboxylic acid groups (broad SMARTS) is 1. The van der Waals surface area contributed by atoms with Crippen LogP contribution in [0.25, 0.3) is 0 Å². The van der Waals surface area contributed by atoms with Gasteiger partial charge < -0.3 is 14.6 Å². The topological polar surface area (TPSA) is 55.8 Å². The Morgan fingerprint density at radius 2 is 2.00 bits per heavy atom. The van der Waals surface area contributed by atoms with Crippen LogP contribution in [-0.4, -0.2) is 25.3 Å². The van der Waals surface area contributed by atoms with Gasteiger partial charge in [-0.05, 0) is 30.9 Å². The third-order valence-electron chi connectivity index (χ3n) is 2.91. The Bertz CT molecular complexity index is 413. The van der Waals surface area contributed by atoms with Crippen molar-refractivity contribution in [1.29, 1.82) is 0 Å². The van der Waals surface area contributed by atoms with Crippen LogP contribution in [0.2, 0.25) is 0 Å². The smallest absolute Gasteiger partial charge is 0.303 e. The van der Waals surface area contributed by atoms with Crippen molar-refractivity contribution in [2.24, 2.45) is 0 Å². The SMILES string of the molecule is CCc1c(OC)ccc(CCCC(=O)O)c1OC. The van der Waals surface area contributed by atoms with Gasteiger partial charge in [0.15, 0.2) is 0 Å². The molecule has 0 aromatic heterocycles. The van der Waals surface area contributed by atoms with E-state index in [2.05, 4.69) is 0 Å². The molecule has 1 rings (SSSR count). The van der Waals surface area contributed by atoms with E-state index in [1.165, 1.54) is 0 Å². The zero-order chi connectivity index (χ0) is 13.5. The number of hydrogen-bond donors (Lipinski definition) is 1. The van der Waals surface area contributed by atoms with Gasteiger partial charge in [0, 0.05) is 12.0 Å². The third kappa shape index (κ3) is 3.39. The average Bonchev–Trinajstić information content (AvgIpc) is 2.37. The summed E-state index contributed by atoms with van der Waals surface area (Å²) < 4.78 is 10.7. The van der Waals surface area contributed by atoms with Gasteiger partial charge in [-0.25, -0.2) is 0 Å². The number of rotatable bonds is 7. The molecule has 0 amide bonds. The number of carboxylic acids is 1. The molecule has 0 spiro atoms. The van der Waals surface area contributed by atoms with E-state index in [0.717, 1.165) is 29.0 Å². The van der Waals surface area contributed by atoms with Gasteiger partial charge in [0.05, 0.1) is 14.2 Å². The first-order valence-electron chi connectivity index (χ1n) is 6.08. The summed E-state index contributed by atoms with van der Waals surface area (Å²) in [5.41, 5.74) is 2.07. The first-order valence-corrected chi connectivity index (χ1v) is 6.08. The maximum absolute atomic E-state index is 10.5. The molecule has 0 heterocycles. The zero-order valence-corrected chi connectivity index (χ0v) is 11.2. The summed E-state index contributed by atoms with van der Waals surface area (Å²) in [7, 11) is 3.27. The van der Waals surface area contributed by atoms with E-state index in [1.54, 1.807) is 14.2 Å². The molecule has 0 aliphatic rings. The van der Waals surface area contributed by atoms with Crippen molar-refractivity contribution in [3.63, 3.8) is 0 Å². The largest absolute Gasteiger partial charge is 0.496 e. The Hall–Kier alpha value is -1.71. The molecule has 0 bridgehead atoms. The summed E-state index contributed by atoms with van der Waals surface area (Å²) in [5.74, 6) is 0.872. The minimum atomic E-state index is -0.766. The second-order valence-corrected chi connectivity index (χ2v) is 4.04. The van der Waals surface area contributed by atoms with Crippen LogP contribution >= 0.6 is 0 Å². The number of hydrogen-bond acceptors (Lipinski definition) is 3. The summed E-state index contributed by atoms with van der Waals surface area (Å²) in [6.45, 7) is 2.04. The van der Waals surface area contributed by atoms with Gasteiger partial charge in [-0.2, -0.15) is 0 Å². The second-order valence-electron chi connectivity index (χ2n) is 4.04. The van der Waals surface area contributed by atoms with Crippen LogP contribution in [0.1, 0.15) is 30.9 Å². The van der Waals surface area contributed by atoms with E-state index < -0.39 is 5.97 Å². The Morgan fingerprint density at radius 1 is 1.28 bits per heavy atom. The lowest BCUT2D eigenvalue weighted by Crippen LogP contribution is -2.01. The molecular formula is C14H20O4. The number of benzene rings is 1. The summed E-state index contributed by atoms with van der Waals surface area (Å²) in [5, 5.41) is 8.65. The van der Waals surface area contributed by atoms with Gasteiger partial charge in [-0.3, -0.25) is 4.79 Å². The van der Waals surface area contributed by atoms with Crippen molar-refractivity contribution in [1.82, 2.24) is 0 Å². The van der Waals surface area contributed by atoms with Crippen molar-refractivity contribution in [3.05, 3.63) is 23.3 Å². The second kappa shape index (κ2) is 6.89. The highest BCUT2D eigenvalue weighted by atomic mass is 16.5. The van der Waals surface area contributed by atoms with Crippen LogP contribution in [0, 0.1) is 0 Å². The van der Waals surface area contributed by atoms with Gasteiger partial charge in [0.2, 0.25) is 0 Å². The van der Waals surface area contributed by atoms with Crippen molar-refractivity contribution < 1.29 is 19.4 Å². The normalized spacial score (nSPS) is 10.2.